The maximum atomic E-state index is 11.2. The molecule has 0 fully saturated rings. The number of esters is 1. The van der Waals surface area contributed by atoms with Crippen molar-refractivity contribution < 1.29 is 19.1 Å². The first-order chi connectivity index (χ1) is 7.06. The van der Waals surface area contributed by atoms with Gasteiger partial charge in [0.1, 0.15) is 0 Å². The highest BCUT2D eigenvalue weighted by Crippen LogP contribution is 2.06. The third kappa shape index (κ3) is 2.49. The first-order valence-corrected chi connectivity index (χ1v) is 4.30. The Morgan fingerprint density at radius 1 is 1.00 bits per heavy atom. The molecule has 0 N–H and O–H groups in total. The first kappa shape index (κ1) is 11.1. The lowest BCUT2D eigenvalue weighted by Gasteiger charge is -2.00. The largest absolute Gasteiger partial charge is 0.465 e. The van der Waals surface area contributed by atoms with E-state index in [2.05, 4.69) is 4.74 Å². The second kappa shape index (κ2) is 4.50. The molecule has 0 heterocycles. The summed E-state index contributed by atoms with van der Waals surface area (Å²) in [5, 5.41) is 0. The van der Waals surface area contributed by atoms with Crippen molar-refractivity contribution in [3.8, 4) is 0 Å². The van der Waals surface area contributed by atoms with Gasteiger partial charge in [-0.1, -0.05) is 12.1 Å². The van der Waals surface area contributed by atoms with Crippen molar-refractivity contribution >= 4 is 17.5 Å². The number of hydrogen-bond donors (Lipinski definition) is 0. The lowest BCUT2D eigenvalue weighted by molar-refractivity contribution is -0.113. The van der Waals surface area contributed by atoms with Gasteiger partial charge in [0.25, 0.3) is 0 Å². The minimum absolute atomic E-state index is 0.273. The number of methoxy groups -OCH3 is 1. The number of ketones is 2. The van der Waals surface area contributed by atoms with Crippen LogP contribution < -0.4 is 0 Å². The van der Waals surface area contributed by atoms with E-state index >= 15 is 0 Å². The Balaban J connectivity index is 2.95. The van der Waals surface area contributed by atoms with Crippen molar-refractivity contribution in [3.05, 3.63) is 35.4 Å². The van der Waals surface area contributed by atoms with Gasteiger partial charge >= 0.3 is 5.97 Å². The van der Waals surface area contributed by atoms with Gasteiger partial charge in [0.2, 0.25) is 5.78 Å². The number of ether oxygens (including phenoxy) is 1. The lowest BCUT2D eigenvalue weighted by Crippen LogP contribution is -2.10. The molecule has 0 aliphatic heterocycles. The van der Waals surface area contributed by atoms with Gasteiger partial charge < -0.3 is 4.74 Å². The Labute approximate surface area is 86.9 Å². The molecule has 0 spiro atoms. The molecule has 0 aromatic heterocycles. The average molecular weight is 206 g/mol. The number of carbonyl (C=O) groups excluding carboxylic acids is 3. The minimum atomic E-state index is -0.564. The average Bonchev–Trinajstić information content (AvgIpc) is 2.27. The molecule has 78 valence electrons. The maximum Gasteiger partial charge on any atom is 0.337 e. The summed E-state index contributed by atoms with van der Waals surface area (Å²) < 4.78 is 4.49. The van der Waals surface area contributed by atoms with Crippen LogP contribution in [-0.4, -0.2) is 24.6 Å². The Morgan fingerprint density at radius 3 is 1.87 bits per heavy atom. The quantitative estimate of drug-likeness (QED) is 0.424. The van der Waals surface area contributed by atoms with E-state index in [1.165, 1.54) is 38.3 Å². The molecular weight excluding hydrogens is 196 g/mol. The van der Waals surface area contributed by atoms with Crippen LogP contribution in [0.25, 0.3) is 0 Å². The fourth-order valence-corrected chi connectivity index (χ4v) is 1.08. The van der Waals surface area contributed by atoms with Crippen molar-refractivity contribution in [2.75, 3.05) is 7.11 Å². The molecule has 0 saturated heterocycles. The van der Waals surface area contributed by atoms with Crippen molar-refractivity contribution in [1.82, 2.24) is 0 Å². The molecular formula is C11H10O4. The smallest absolute Gasteiger partial charge is 0.337 e. The molecule has 0 aliphatic carbocycles. The van der Waals surface area contributed by atoms with Crippen molar-refractivity contribution in [2.24, 2.45) is 0 Å². The number of hydrogen-bond acceptors (Lipinski definition) is 4. The highest BCUT2D eigenvalue weighted by atomic mass is 16.5. The highest BCUT2D eigenvalue weighted by molar-refractivity contribution is 6.42. The molecule has 0 amide bonds. The fraction of sp³-hybridized carbons (Fsp3) is 0.182. The Kier molecular flexibility index (Phi) is 3.33. The fourth-order valence-electron chi connectivity index (χ4n) is 1.08. The second-order valence-electron chi connectivity index (χ2n) is 2.95. The molecule has 15 heavy (non-hydrogen) atoms. The van der Waals surface area contributed by atoms with Crippen molar-refractivity contribution in [3.63, 3.8) is 0 Å². The number of benzene rings is 1. The Bertz CT molecular complexity index is 403. The van der Waals surface area contributed by atoms with Crippen LogP contribution in [0.4, 0.5) is 0 Å². The van der Waals surface area contributed by atoms with Gasteiger partial charge in [0.05, 0.1) is 12.7 Å². The summed E-state index contributed by atoms with van der Waals surface area (Å²) in [5.41, 5.74) is 0.618. The second-order valence-corrected chi connectivity index (χ2v) is 2.95. The van der Waals surface area contributed by atoms with Gasteiger partial charge in [-0.2, -0.15) is 0 Å². The van der Waals surface area contributed by atoms with E-state index in [-0.39, 0.29) is 5.56 Å². The summed E-state index contributed by atoms with van der Waals surface area (Å²) in [6, 6.07) is 5.75. The molecule has 1 aromatic carbocycles. The van der Waals surface area contributed by atoms with Crippen LogP contribution in [0.15, 0.2) is 24.3 Å². The minimum Gasteiger partial charge on any atom is -0.465 e. The summed E-state index contributed by atoms with van der Waals surface area (Å²) in [7, 11) is 1.27. The summed E-state index contributed by atoms with van der Waals surface area (Å²) in [5.74, 6) is -1.57. The van der Waals surface area contributed by atoms with Crippen LogP contribution in [0, 0.1) is 0 Å². The summed E-state index contributed by atoms with van der Waals surface area (Å²) in [4.78, 5) is 33.1. The monoisotopic (exact) mass is 206 g/mol. The molecule has 0 aliphatic rings. The Morgan fingerprint density at radius 2 is 1.47 bits per heavy atom. The van der Waals surface area contributed by atoms with Gasteiger partial charge in [0.15, 0.2) is 5.78 Å². The Hall–Kier alpha value is -1.97. The normalized spacial score (nSPS) is 9.47. The number of Topliss-reactive ketones (excluding diaryl/α,β-unsaturated/α-hetero) is 2. The maximum absolute atomic E-state index is 11.2. The molecule has 0 radical (unpaired) electrons. The van der Waals surface area contributed by atoms with E-state index < -0.39 is 17.5 Å². The molecule has 4 heteroatoms. The summed E-state index contributed by atoms with van der Waals surface area (Å²) in [6.45, 7) is 1.20. The van der Waals surface area contributed by atoms with E-state index in [1.54, 1.807) is 0 Å². The van der Waals surface area contributed by atoms with Crippen molar-refractivity contribution in [1.29, 1.82) is 0 Å². The van der Waals surface area contributed by atoms with E-state index in [0.717, 1.165) is 0 Å². The van der Waals surface area contributed by atoms with Crippen LogP contribution in [0.3, 0.4) is 0 Å². The third-order valence-electron chi connectivity index (χ3n) is 1.89. The van der Waals surface area contributed by atoms with E-state index in [9.17, 15) is 14.4 Å². The molecule has 1 aromatic rings. The molecule has 0 saturated carbocycles. The molecule has 4 nitrogen and oxygen atoms in total. The van der Waals surface area contributed by atoms with Gasteiger partial charge in [-0.15, -0.1) is 0 Å². The summed E-state index contributed by atoms with van der Waals surface area (Å²) >= 11 is 0. The van der Waals surface area contributed by atoms with Crippen LogP contribution in [0.5, 0.6) is 0 Å². The predicted molar refractivity (Wildman–Crippen MR) is 52.8 cm³/mol. The van der Waals surface area contributed by atoms with E-state index in [0.29, 0.717) is 5.56 Å². The van der Waals surface area contributed by atoms with Gasteiger partial charge in [-0.3, -0.25) is 9.59 Å². The molecule has 0 bridgehead atoms. The molecule has 1 rings (SSSR count). The van der Waals surface area contributed by atoms with Crippen LogP contribution >= 0.6 is 0 Å². The van der Waals surface area contributed by atoms with Crippen molar-refractivity contribution in [2.45, 2.75) is 6.92 Å². The number of rotatable bonds is 3. The third-order valence-corrected chi connectivity index (χ3v) is 1.89. The zero-order valence-corrected chi connectivity index (χ0v) is 8.44. The molecule has 0 atom stereocenters. The SMILES string of the molecule is COC(=O)c1ccc(C(=O)C(C)=O)cc1. The van der Waals surface area contributed by atoms with Gasteiger partial charge in [0, 0.05) is 12.5 Å². The molecule has 0 unspecified atom stereocenters. The van der Waals surface area contributed by atoms with E-state index in [4.69, 9.17) is 0 Å². The van der Waals surface area contributed by atoms with Crippen LogP contribution in [-0.2, 0) is 9.53 Å². The predicted octanol–water partition coefficient (Wildman–Crippen LogP) is 1.24. The highest BCUT2D eigenvalue weighted by Gasteiger charge is 2.12. The zero-order valence-electron chi connectivity index (χ0n) is 8.44. The van der Waals surface area contributed by atoms with Gasteiger partial charge in [-0.25, -0.2) is 4.79 Å². The van der Waals surface area contributed by atoms with Gasteiger partial charge in [-0.05, 0) is 12.1 Å². The standard InChI is InChI=1S/C11H10O4/c1-7(12)10(13)8-3-5-9(6-4-8)11(14)15-2/h3-6H,1-2H3. The number of carbonyl (C=O) groups is 3. The topological polar surface area (TPSA) is 60.4 Å². The summed E-state index contributed by atoms with van der Waals surface area (Å²) in [6.07, 6.45) is 0. The van der Waals surface area contributed by atoms with Crippen LogP contribution in [0.1, 0.15) is 27.6 Å². The first-order valence-electron chi connectivity index (χ1n) is 4.30. The zero-order chi connectivity index (χ0) is 11.4. The lowest BCUT2D eigenvalue weighted by atomic mass is 10.1. The van der Waals surface area contributed by atoms with Crippen LogP contribution in [0.2, 0.25) is 0 Å². The van der Waals surface area contributed by atoms with E-state index in [1.807, 2.05) is 0 Å².